The zero-order valence-electron chi connectivity index (χ0n) is 9.66. The number of benzene rings is 1. The lowest BCUT2D eigenvalue weighted by Crippen LogP contribution is -2.31. The molecule has 0 amide bonds. The van der Waals surface area contributed by atoms with E-state index in [1.807, 2.05) is 18.2 Å². The zero-order chi connectivity index (χ0) is 12.0. The molecule has 1 aromatic rings. The molecule has 0 aliphatic rings. The van der Waals surface area contributed by atoms with Crippen molar-refractivity contribution in [2.24, 2.45) is 0 Å². The predicted octanol–water partition coefficient (Wildman–Crippen LogP) is 1.30. The Morgan fingerprint density at radius 2 is 1.75 bits per heavy atom. The van der Waals surface area contributed by atoms with Gasteiger partial charge in [0.25, 0.3) is 0 Å². The first-order chi connectivity index (χ1) is 7.69. The van der Waals surface area contributed by atoms with Crippen molar-refractivity contribution in [1.29, 1.82) is 0 Å². The molecule has 1 rings (SSSR count). The summed E-state index contributed by atoms with van der Waals surface area (Å²) in [5, 5.41) is 6.52. The highest BCUT2D eigenvalue weighted by molar-refractivity contribution is 7.80. The Labute approximate surface area is 101 Å². The fourth-order valence-corrected chi connectivity index (χ4v) is 1.31. The number of nitrogens with one attached hydrogen (secondary N) is 2. The summed E-state index contributed by atoms with van der Waals surface area (Å²) in [7, 11) is 5.04. The molecule has 0 saturated carbocycles. The third-order valence-electron chi connectivity index (χ3n) is 2.09. The number of ether oxygens (including phenoxy) is 2. The lowest BCUT2D eigenvalue weighted by Gasteiger charge is -2.10. The summed E-state index contributed by atoms with van der Waals surface area (Å²) in [6.07, 6.45) is 0. The molecule has 0 aromatic heterocycles. The number of hydrogen-bond acceptors (Lipinski definition) is 3. The van der Waals surface area contributed by atoms with Crippen LogP contribution in [0.5, 0.6) is 11.5 Å². The van der Waals surface area contributed by atoms with Crippen LogP contribution in [0.25, 0.3) is 0 Å². The van der Waals surface area contributed by atoms with Gasteiger partial charge in [-0.25, -0.2) is 0 Å². The number of rotatable bonds is 4. The van der Waals surface area contributed by atoms with Crippen molar-refractivity contribution in [3.05, 3.63) is 23.8 Å². The number of thiocarbonyl (C=S) groups is 1. The molecule has 1 aromatic carbocycles. The minimum Gasteiger partial charge on any atom is -0.497 e. The number of hydrogen-bond donors (Lipinski definition) is 2. The maximum Gasteiger partial charge on any atom is 0.166 e. The van der Waals surface area contributed by atoms with Gasteiger partial charge in [-0.1, -0.05) is 0 Å². The highest BCUT2D eigenvalue weighted by atomic mass is 32.1. The molecule has 0 spiro atoms. The van der Waals surface area contributed by atoms with Gasteiger partial charge in [0.05, 0.1) is 14.2 Å². The van der Waals surface area contributed by atoms with Gasteiger partial charge in [0, 0.05) is 19.7 Å². The molecule has 0 aliphatic carbocycles. The Kier molecular flexibility index (Phi) is 4.85. The summed E-state index contributed by atoms with van der Waals surface area (Å²) in [5.74, 6) is 1.54. The highest BCUT2D eigenvalue weighted by Crippen LogP contribution is 2.22. The standard InChI is InChI=1S/C11H16N2O2S/c1-12-11(16)13-7-8-4-9(14-2)6-10(5-8)15-3/h4-6H,7H2,1-3H3,(H2,12,13,16). The van der Waals surface area contributed by atoms with Gasteiger partial charge in [0.2, 0.25) is 0 Å². The summed E-state index contributed by atoms with van der Waals surface area (Å²) in [6, 6.07) is 5.71. The maximum atomic E-state index is 5.17. The summed E-state index contributed by atoms with van der Waals surface area (Å²) < 4.78 is 10.3. The minimum atomic E-state index is 0.613. The fraction of sp³-hybridized carbons (Fsp3) is 0.364. The first kappa shape index (κ1) is 12.6. The molecule has 0 bridgehead atoms. The van der Waals surface area contributed by atoms with Gasteiger partial charge in [-0.2, -0.15) is 0 Å². The molecule has 0 saturated heterocycles. The third-order valence-corrected chi connectivity index (χ3v) is 2.44. The average Bonchev–Trinajstić information content (AvgIpc) is 2.35. The second-order valence-electron chi connectivity index (χ2n) is 3.15. The van der Waals surface area contributed by atoms with Crippen LogP contribution in [-0.2, 0) is 6.54 Å². The molecule has 2 N–H and O–H groups in total. The van der Waals surface area contributed by atoms with Gasteiger partial charge >= 0.3 is 0 Å². The quantitative estimate of drug-likeness (QED) is 0.777. The van der Waals surface area contributed by atoms with Crippen molar-refractivity contribution >= 4 is 17.3 Å². The van der Waals surface area contributed by atoms with Crippen LogP contribution in [0.3, 0.4) is 0 Å². The topological polar surface area (TPSA) is 42.5 Å². The van der Waals surface area contributed by atoms with Gasteiger partial charge in [0.15, 0.2) is 5.11 Å². The summed E-state index contributed by atoms with van der Waals surface area (Å²) >= 11 is 4.99. The van der Waals surface area contributed by atoms with E-state index in [4.69, 9.17) is 21.7 Å². The van der Waals surface area contributed by atoms with Crippen molar-refractivity contribution in [1.82, 2.24) is 10.6 Å². The summed E-state index contributed by atoms with van der Waals surface area (Å²) in [4.78, 5) is 0. The molecule has 0 unspecified atom stereocenters. The Morgan fingerprint density at radius 3 is 2.19 bits per heavy atom. The van der Waals surface area contributed by atoms with Crippen LogP contribution in [0.2, 0.25) is 0 Å². The minimum absolute atomic E-state index is 0.613. The van der Waals surface area contributed by atoms with E-state index >= 15 is 0 Å². The van der Waals surface area contributed by atoms with Gasteiger partial charge < -0.3 is 20.1 Å². The Bertz CT molecular complexity index is 347. The monoisotopic (exact) mass is 240 g/mol. The first-order valence-electron chi connectivity index (χ1n) is 4.87. The van der Waals surface area contributed by atoms with E-state index < -0.39 is 0 Å². The molecule has 88 valence electrons. The lowest BCUT2D eigenvalue weighted by molar-refractivity contribution is 0.393. The predicted molar refractivity (Wildman–Crippen MR) is 68.0 cm³/mol. The number of methoxy groups -OCH3 is 2. The van der Waals surface area contributed by atoms with E-state index in [2.05, 4.69) is 10.6 Å². The van der Waals surface area contributed by atoms with Gasteiger partial charge in [-0.15, -0.1) is 0 Å². The van der Waals surface area contributed by atoms with Gasteiger partial charge in [-0.3, -0.25) is 0 Å². The van der Waals surface area contributed by atoms with E-state index in [1.54, 1.807) is 21.3 Å². The van der Waals surface area contributed by atoms with Crippen LogP contribution in [0.1, 0.15) is 5.56 Å². The second-order valence-corrected chi connectivity index (χ2v) is 3.56. The zero-order valence-corrected chi connectivity index (χ0v) is 10.5. The summed E-state index contributed by atoms with van der Waals surface area (Å²) in [6.45, 7) is 0.632. The molecule has 0 radical (unpaired) electrons. The summed E-state index contributed by atoms with van der Waals surface area (Å²) in [5.41, 5.74) is 1.05. The molecule has 0 fully saturated rings. The highest BCUT2D eigenvalue weighted by Gasteiger charge is 2.02. The van der Waals surface area contributed by atoms with Crippen LogP contribution in [0, 0.1) is 0 Å². The van der Waals surface area contributed by atoms with Crippen LogP contribution in [-0.4, -0.2) is 26.4 Å². The lowest BCUT2D eigenvalue weighted by atomic mass is 10.2. The second kappa shape index (κ2) is 6.17. The SMILES string of the molecule is CNC(=S)NCc1cc(OC)cc(OC)c1. The first-order valence-corrected chi connectivity index (χ1v) is 5.28. The average molecular weight is 240 g/mol. The van der Waals surface area contributed by atoms with E-state index in [9.17, 15) is 0 Å². The molecule has 4 nitrogen and oxygen atoms in total. The van der Waals surface area contributed by atoms with Crippen LogP contribution >= 0.6 is 12.2 Å². The Hall–Kier alpha value is -1.49. The van der Waals surface area contributed by atoms with Crippen molar-refractivity contribution in [2.45, 2.75) is 6.54 Å². The third kappa shape index (κ3) is 3.58. The van der Waals surface area contributed by atoms with Crippen molar-refractivity contribution < 1.29 is 9.47 Å². The maximum absolute atomic E-state index is 5.17. The normalized spacial score (nSPS) is 9.44. The van der Waals surface area contributed by atoms with Crippen LogP contribution in [0.4, 0.5) is 0 Å². The van der Waals surface area contributed by atoms with Gasteiger partial charge in [-0.05, 0) is 29.9 Å². The van der Waals surface area contributed by atoms with Crippen molar-refractivity contribution in [3.8, 4) is 11.5 Å². The molecular formula is C11H16N2O2S. The smallest absolute Gasteiger partial charge is 0.166 e. The molecule has 5 heteroatoms. The Morgan fingerprint density at radius 1 is 1.19 bits per heavy atom. The molecule has 0 atom stereocenters. The molecular weight excluding hydrogens is 224 g/mol. The largest absolute Gasteiger partial charge is 0.497 e. The van der Waals surface area contributed by atoms with Crippen molar-refractivity contribution in [2.75, 3.05) is 21.3 Å². The molecule has 16 heavy (non-hydrogen) atoms. The molecule has 0 aliphatic heterocycles. The molecule has 0 heterocycles. The van der Waals surface area contributed by atoms with Crippen LogP contribution < -0.4 is 20.1 Å². The van der Waals surface area contributed by atoms with E-state index in [0.29, 0.717) is 11.7 Å². The Balaban J connectivity index is 2.74. The van der Waals surface area contributed by atoms with E-state index in [-0.39, 0.29) is 0 Å². The fourth-order valence-electron chi connectivity index (χ4n) is 1.24. The van der Waals surface area contributed by atoms with Crippen molar-refractivity contribution in [3.63, 3.8) is 0 Å². The van der Waals surface area contributed by atoms with E-state index in [1.165, 1.54) is 0 Å². The van der Waals surface area contributed by atoms with Crippen LogP contribution in [0.15, 0.2) is 18.2 Å². The van der Waals surface area contributed by atoms with Gasteiger partial charge in [0.1, 0.15) is 11.5 Å². The van der Waals surface area contributed by atoms with E-state index in [0.717, 1.165) is 17.1 Å².